The highest BCUT2D eigenvalue weighted by Crippen LogP contribution is 2.26. The molecule has 3 aromatic carbocycles. The van der Waals surface area contributed by atoms with Crippen molar-refractivity contribution in [2.24, 2.45) is 0 Å². The van der Waals surface area contributed by atoms with Gasteiger partial charge in [0, 0.05) is 12.1 Å². The molecule has 4 rings (SSSR count). The summed E-state index contributed by atoms with van der Waals surface area (Å²) in [5.74, 6) is -0.145. The number of nitrogens with one attached hydrogen (secondary N) is 1. The predicted octanol–water partition coefficient (Wildman–Crippen LogP) is 5.71. The Morgan fingerprint density at radius 1 is 0.903 bits per heavy atom. The van der Waals surface area contributed by atoms with E-state index < -0.39 is 0 Å². The number of hydrogen-bond acceptors (Lipinski definition) is 4. The lowest BCUT2D eigenvalue weighted by atomic mass is 10.1. The Hall–Kier alpha value is -3.25. The highest BCUT2D eigenvalue weighted by Gasteiger charge is 2.14. The number of nitrogens with zero attached hydrogens (tertiary/aromatic N) is 2. The Balaban J connectivity index is 1.56. The average molecular weight is 432 g/mol. The highest BCUT2D eigenvalue weighted by atomic mass is 32.2. The maximum Gasteiger partial charge on any atom is 0.234 e. The second kappa shape index (κ2) is 9.27. The zero-order valence-corrected chi connectivity index (χ0v) is 18.2. The molecule has 0 aliphatic carbocycles. The van der Waals surface area contributed by atoms with Crippen LogP contribution in [0.2, 0.25) is 0 Å². The van der Waals surface area contributed by atoms with E-state index >= 15 is 0 Å². The molecule has 31 heavy (non-hydrogen) atoms. The summed E-state index contributed by atoms with van der Waals surface area (Å²) in [7, 11) is 0. The smallest absolute Gasteiger partial charge is 0.234 e. The summed E-state index contributed by atoms with van der Waals surface area (Å²) in [4.78, 5) is 22.2. The number of carbonyl (C=O) groups is 1. The number of fused-ring (bicyclic) bond motifs is 1. The monoisotopic (exact) mass is 431 g/mol. The molecule has 1 aromatic heterocycles. The number of amides is 1. The van der Waals surface area contributed by atoms with Gasteiger partial charge in [-0.1, -0.05) is 54.2 Å². The number of aryl methyl sites for hydroxylation is 2. The van der Waals surface area contributed by atoms with Gasteiger partial charge in [-0.05, 0) is 54.8 Å². The second-order valence-corrected chi connectivity index (χ2v) is 8.34. The van der Waals surface area contributed by atoms with Crippen LogP contribution in [0.4, 0.5) is 10.1 Å². The van der Waals surface area contributed by atoms with E-state index in [9.17, 15) is 9.18 Å². The van der Waals surface area contributed by atoms with Crippen LogP contribution in [0.5, 0.6) is 0 Å². The minimum absolute atomic E-state index is 0.0925. The SMILES string of the molecule is Cc1cccc(C)c1NC(=O)CSc1nc2ccccc2nc1Cc1ccc(F)cc1. The predicted molar refractivity (Wildman–Crippen MR) is 124 cm³/mol. The van der Waals surface area contributed by atoms with Crippen molar-refractivity contribution in [3.63, 3.8) is 0 Å². The first kappa shape index (κ1) is 21.0. The van der Waals surface area contributed by atoms with Gasteiger partial charge in [-0.2, -0.15) is 0 Å². The van der Waals surface area contributed by atoms with Gasteiger partial charge in [0.15, 0.2) is 0 Å². The molecule has 0 fully saturated rings. The Morgan fingerprint density at radius 3 is 2.23 bits per heavy atom. The van der Waals surface area contributed by atoms with E-state index in [-0.39, 0.29) is 17.5 Å². The standard InChI is InChI=1S/C25H22FN3OS/c1-16-6-5-7-17(2)24(16)29-23(30)15-31-25-22(14-18-10-12-19(26)13-11-18)27-20-8-3-4-9-21(20)28-25/h3-13H,14-15H2,1-2H3,(H,29,30). The first-order valence-electron chi connectivity index (χ1n) is 9.98. The van der Waals surface area contributed by atoms with E-state index in [2.05, 4.69) is 5.32 Å². The quantitative estimate of drug-likeness (QED) is 0.398. The minimum Gasteiger partial charge on any atom is -0.325 e. The van der Waals surface area contributed by atoms with Crippen LogP contribution in [0.1, 0.15) is 22.4 Å². The summed E-state index contributed by atoms with van der Waals surface area (Å²) in [5, 5.41) is 3.72. The van der Waals surface area contributed by atoms with E-state index in [4.69, 9.17) is 9.97 Å². The minimum atomic E-state index is -0.272. The van der Waals surface area contributed by atoms with Crippen molar-refractivity contribution in [1.82, 2.24) is 9.97 Å². The van der Waals surface area contributed by atoms with Crippen molar-refractivity contribution in [2.45, 2.75) is 25.3 Å². The summed E-state index contributed by atoms with van der Waals surface area (Å²) < 4.78 is 13.3. The molecule has 0 radical (unpaired) electrons. The molecule has 0 aliphatic rings. The molecule has 0 saturated heterocycles. The fraction of sp³-hybridized carbons (Fsp3) is 0.160. The van der Waals surface area contributed by atoms with Crippen LogP contribution in [0.25, 0.3) is 11.0 Å². The Bertz CT molecular complexity index is 1220. The third kappa shape index (κ3) is 5.09. The molecular weight excluding hydrogens is 409 g/mol. The summed E-state index contributed by atoms with van der Waals surface area (Å²) in [6.45, 7) is 3.96. The molecule has 0 atom stereocenters. The molecule has 0 spiro atoms. The van der Waals surface area contributed by atoms with Crippen LogP contribution in [0, 0.1) is 19.7 Å². The van der Waals surface area contributed by atoms with Crippen molar-refractivity contribution in [3.05, 3.63) is 94.9 Å². The Labute approximate surface area is 184 Å². The molecule has 1 amide bonds. The van der Waals surface area contributed by atoms with Crippen LogP contribution < -0.4 is 5.32 Å². The first-order chi connectivity index (χ1) is 15.0. The van der Waals surface area contributed by atoms with E-state index in [0.717, 1.165) is 39.1 Å². The third-order valence-corrected chi connectivity index (χ3v) is 5.98. The molecule has 0 saturated carbocycles. The molecule has 4 aromatic rings. The van der Waals surface area contributed by atoms with Crippen molar-refractivity contribution >= 4 is 34.4 Å². The van der Waals surface area contributed by atoms with Gasteiger partial charge in [0.1, 0.15) is 10.8 Å². The van der Waals surface area contributed by atoms with Crippen LogP contribution in [-0.4, -0.2) is 21.6 Å². The summed E-state index contributed by atoms with van der Waals surface area (Å²) in [6.07, 6.45) is 0.513. The van der Waals surface area contributed by atoms with Gasteiger partial charge in [0.2, 0.25) is 5.91 Å². The molecular formula is C25H22FN3OS. The number of rotatable bonds is 6. The van der Waals surface area contributed by atoms with Gasteiger partial charge in [0.05, 0.1) is 22.5 Å². The number of hydrogen-bond donors (Lipinski definition) is 1. The number of para-hydroxylation sites is 3. The van der Waals surface area contributed by atoms with E-state index in [1.54, 1.807) is 12.1 Å². The summed E-state index contributed by atoms with van der Waals surface area (Å²) in [6, 6.07) is 20.0. The van der Waals surface area contributed by atoms with Gasteiger partial charge in [-0.25, -0.2) is 14.4 Å². The molecule has 0 unspecified atom stereocenters. The number of benzene rings is 3. The topological polar surface area (TPSA) is 54.9 Å². The van der Waals surface area contributed by atoms with Crippen molar-refractivity contribution in [2.75, 3.05) is 11.1 Å². The molecule has 6 heteroatoms. The van der Waals surface area contributed by atoms with Crippen LogP contribution >= 0.6 is 11.8 Å². The van der Waals surface area contributed by atoms with Crippen LogP contribution in [0.3, 0.4) is 0 Å². The van der Waals surface area contributed by atoms with Crippen molar-refractivity contribution < 1.29 is 9.18 Å². The van der Waals surface area contributed by atoms with Crippen molar-refractivity contribution in [1.29, 1.82) is 0 Å². The lowest BCUT2D eigenvalue weighted by Gasteiger charge is -2.12. The zero-order chi connectivity index (χ0) is 21.8. The third-order valence-electron chi connectivity index (χ3n) is 4.98. The number of anilines is 1. The molecule has 1 heterocycles. The second-order valence-electron chi connectivity index (χ2n) is 7.37. The number of carbonyl (C=O) groups excluding carboxylic acids is 1. The van der Waals surface area contributed by atoms with Gasteiger partial charge in [-0.15, -0.1) is 0 Å². The maximum atomic E-state index is 13.3. The van der Waals surface area contributed by atoms with E-state index in [1.165, 1.54) is 23.9 Å². The van der Waals surface area contributed by atoms with Gasteiger partial charge >= 0.3 is 0 Å². The zero-order valence-electron chi connectivity index (χ0n) is 17.4. The fourth-order valence-electron chi connectivity index (χ4n) is 3.37. The lowest BCUT2D eigenvalue weighted by molar-refractivity contribution is -0.113. The first-order valence-corrected chi connectivity index (χ1v) is 11.0. The van der Waals surface area contributed by atoms with E-state index in [1.807, 2.05) is 56.3 Å². The molecule has 156 valence electrons. The lowest BCUT2D eigenvalue weighted by Crippen LogP contribution is -2.16. The van der Waals surface area contributed by atoms with Crippen molar-refractivity contribution in [3.8, 4) is 0 Å². The maximum absolute atomic E-state index is 13.3. The fourth-order valence-corrected chi connectivity index (χ4v) is 4.16. The normalized spacial score (nSPS) is 10.9. The number of aromatic nitrogens is 2. The molecule has 1 N–H and O–H groups in total. The Morgan fingerprint density at radius 2 is 1.55 bits per heavy atom. The Kier molecular flexibility index (Phi) is 6.28. The summed E-state index contributed by atoms with van der Waals surface area (Å²) in [5.41, 5.74) is 6.20. The highest BCUT2D eigenvalue weighted by molar-refractivity contribution is 8.00. The molecule has 4 nitrogen and oxygen atoms in total. The molecule has 0 bridgehead atoms. The van der Waals surface area contributed by atoms with Gasteiger partial charge in [0.25, 0.3) is 0 Å². The van der Waals surface area contributed by atoms with Crippen LogP contribution in [0.15, 0.2) is 71.8 Å². The average Bonchev–Trinajstić information content (AvgIpc) is 2.76. The van der Waals surface area contributed by atoms with Gasteiger partial charge in [-0.3, -0.25) is 4.79 Å². The number of halogens is 1. The summed E-state index contributed by atoms with van der Waals surface area (Å²) >= 11 is 1.36. The van der Waals surface area contributed by atoms with Crippen LogP contribution in [-0.2, 0) is 11.2 Å². The van der Waals surface area contributed by atoms with Gasteiger partial charge < -0.3 is 5.32 Å². The number of thioether (sulfide) groups is 1. The molecule has 0 aliphatic heterocycles. The van der Waals surface area contributed by atoms with E-state index in [0.29, 0.717) is 11.4 Å². The largest absolute Gasteiger partial charge is 0.325 e.